The van der Waals surface area contributed by atoms with Crippen molar-refractivity contribution in [3.63, 3.8) is 0 Å². The van der Waals surface area contributed by atoms with Gasteiger partial charge in [0.2, 0.25) is 0 Å². The first-order chi connectivity index (χ1) is 8.52. The van der Waals surface area contributed by atoms with Crippen LogP contribution in [0.25, 0.3) is 0 Å². The Morgan fingerprint density at radius 3 is 2.56 bits per heavy atom. The van der Waals surface area contributed by atoms with Gasteiger partial charge in [0.25, 0.3) is 0 Å². The van der Waals surface area contributed by atoms with E-state index in [0.717, 1.165) is 25.0 Å². The fourth-order valence-electron chi connectivity index (χ4n) is 3.61. The third kappa shape index (κ3) is 3.16. The van der Waals surface area contributed by atoms with Crippen LogP contribution < -0.4 is 5.73 Å². The molecule has 2 aliphatic rings. The van der Waals surface area contributed by atoms with E-state index in [9.17, 15) is 0 Å². The second kappa shape index (κ2) is 5.75. The van der Waals surface area contributed by atoms with Crippen LogP contribution in [0, 0.1) is 11.3 Å². The van der Waals surface area contributed by atoms with Crippen molar-refractivity contribution in [2.45, 2.75) is 58.9 Å². The Bertz CT molecular complexity index is 301. The molecule has 18 heavy (non-hydrogen) atoms. The summed E-state index contributed by atoms with van der Waals surface area (Å²) in [4.78, 5) is 2.69. The van der Waals surface area contributed by atoms with Gasteiger partial charge in [-0.2, -0.15) is 0 Å². The van der Waals surface area contributed by atoms with Crippen LogP contribution in [0.15, 0.2) is 11.6 Å². The van der Waals surface area contributed by atoms with Gasteiger partial charge in [0.1, 0.15) is 0 Å². The van der Waals surface area contributed by atoms with Gasteiger partial charge in [-0.05, 0) is 37.1 Å². The number of hydrogen-bond donors (Lipinski definition) is 1. The van der Waals surface area contributed by atoms with E-state index in [-0.39, 0.29) is 0 Å². The summed E-state index contributed by atoms with van der Waals surface area (Å²) in [6.07, 6.45) is 9.21. The molecule has 1 heterocycles. The first-order valence-corrected chi connectivity index (χ1v) is 7.66. The molecule has 0 aromatic carbocycles. The highest BCUT2D eigenvalue weighted by Crippen LogP contribution is 2.33. The minimum atomic E-state index is 0.353. The molecule has 0 aromatic rings. The van der Waals surface area contributed by atoms with Crippen LogP contribution in [0.2, 0.25) is 0 Å². The lowest BCUT2D eigenvalue weighted by Gasteiger charge is -2.42. The van der Waals surface area contributed by atoms with Gasteiger partial charge < -0.3 is 5.73 Å². The monoisotopic (exact) mass is 250 g/mol. The average Bonchev–Trinajstić information content (AvgIpc) is 2.38. The summed E-state index contributed by atoms with van der Waals surface area (Å²) in [6.45, 7) is 10.3. The quantitative estimate of drug-likeness (QED) is 0.763. The molecule has 2 nitrogen and oxygen atoms in total. The van der Waals surface area contributed by atoms with Crippen LogP contribution in [0.4, 0.5) is 0 Å². The zero-order valence-corrected chi connectivity index (χ0v) is 12.4. The summed E-state index contributed by atoms with van der Waals surface area (Å²) in [6, 6.07) is 0.751. The molecule has 2 atom stereocenters. The van der Waals surface area contributed by atoms with Gasteiger partial charge in [-0.3, -0.25) is 4.90 Å². The van der Waals surface area contributed by atoms with Gasteiger partial charge in [-0.1, -0.05) is 45.3 Å². The maximum Gasteiger partial charge on any atom is 0.0169 e. The van der Waals surface area contributed by atoms with Crippen molar-refractivity contribution in [1.29, 1.82) is 0 Å². The third-order valence-corrected chi connectivity index (χ3v) is 4.84. The second-order valence-electron chi connectivity index (χ2n) is 7.07. The zero-order valence-electron chi connectivity index (χ0n) is 12.4. The summed E-state index contributed by atoms with van der Waals surface area (Å²) in [5, 5.41) is 0. The normalized spacial score (nSPS) is 31.2. The summed E-state index contributed by atoms with van der Waals surface area (Å²) in [5.74, 6) is 0.739. The molecular weight excluding hydrogens is 220 g/mol. The summed E-state index contributed by atoms with van der Waals surface area (Å²) < 4.78 is 0. The molecule has 0 saturated heterocycles. The maximum atomic E-state index is 5.95. The van der Waals surface area contributed by atoms with Crippen LogP contribution >= 0.6 is 0 Å². The summed E-state index contributed by atoms with van der Waals surface area (Å²) >= 11 is 0. The minimum absolute atomic E-state index is 0.353. The molecule has 1 fully saturated rings. The predicted molar refractivity (Wildman–Crippen MR) is 78.5 cm³/mol. The van der Waals surface area contributed by atoms with E-state index in [1.54, 1.807) is 5.57 Å². The van der Waals surface area contributed by atoms with E-state index in [4.69, 9.17) is 5.73 Å². The van der Waals surface area contributed by atoms with Crippen molar-refractivity contribution in [3.05, 3.63) is 11.6 Å². The van der Waals surface area contributed by atoms with E-state index < -0.39 is 0 Å². The Kier molecular flexibility index (Phi) is 4.50. The van der Waals surface area contributed by atoms with E-state index in [2.05, 4.69) is 31.7 Å². The Labute approximate surface area is 113 Å². The van der Waals surface area contributed by atoms with Crippen LogP contribution in [-0.4, -0.2) is 30.6 Å². The third-order valence-electron chi connectivity index (χ3n) is 4.84. The van der Waals surface area contributed by atoms with Crippen molar-refractivity contribution < 1.29 is 0 Å². The molecule has 104 valence electrons. The van der Waals surface area contributed by atoms with Crippen molar-refractivity contribution in [3.8, 4) is 0 Å². The smallest absolute Gasteiger partial charge is 0.0169 e. The summed E-state index contributed by atoms with van der Waals surface area (Å²) in [7, 11) is 0. The van der Waals surface area contributed by atoms with Gasteiger partial charge in [0.05, 0.1) is 0 Å². The number of hydrogen-bond acceptors (Lipinski definition) is 2. The molecule has 0 radical (unpaired) electrons. The molecule has 1 saturated carbocycles. The average molecular weight is 250 g/mol. The molecule has 0 amide bonds. The van der Waals surface area contributed by atoms with E-state index in [0.29, 0.717) is 5.41 Å². The highest BCUT2D eigenvalue weighted by Gasteiger charge is 2.31. The predicted octanol–water partition coefficient (Wildman–Crippen LogP) is 3.18. The van der Waals surface area contributed by atoms with Crippen LogP contribution in [0.1, 0.15) is 52.9 Å². The van der Waals surface area contributed by atoms with Crippen LogP contribution in [0.5, 0.6) is 0 Å². The van der Waals surface area contributed by atoms with Crippen molar-refractivity contribution >= 4 is 0 Å². The molecule has 0 spiro atoms. The molecule has 2 N–H and O–H groups in total. The Balaban J connectivity index is 1.98. The molecule has 1 aliphatic heterocycles. The molecular formula is C16H30N2. The van der Waals surface area contributed by atoms with Gasteiger partial charge >= 0.3 is 0 Å². The van der Waals surface area contributed by atoms with Crippen molar-refractivity contribution in [1.82, 2.24) is 4.90 Å². The van der Waals surface area contributed by atoms with Crippen molar-refractivity contribution in [2.75, 3.05) is 19.6 Å². The Morgan fingerprint density at radius 2 is 2.00 bits per heavy atom. The number of nitrogens with zero attached hydrogens (tertiary/aromatic N) is 1. The topological polar surface area (TPSA) is 29.3 Å². The van der Waals surface area contributed by atoms with E-state index >= 15 is 0 Å². The first kappa shape index (κ1) is 14.1. The number of rotatable bonds is 2. The van der Waals surface area contributed by atoms with Gasteiger partial charge in [0.15, 0.2) is 0 Å². The zero-order chi connectivity index (χ0) is 13.2. The lowest BCUT2D eigenvalue weighted by molar-refractivity contribution is 0.112. The largest absolute Gasteiger partial charge is 0.330 e. The summed E-state index contributed by atoms with van der Waals surface area (Å²) in [5.41, 5.74) is 7.95. The van der Waals surface area contributed by atoms with Crippen LogP contribution in [0.3, 0.4) is 0 Å². The molecule has 0 bridgehead atoms. The van der Waals surface area contributed by atoms with E-state index in [1.807, 2.05) is 0 Å². The molecule has 1 aliphatic carbocycles. The second-order valence-corrected chi connectivity index (χ2v) is 7.07. The lowest BCUT2D eigenvalue weighted by atomic mass is 9.80. The highest BCUT2D eigenvalue weighted by molar-refractivity contribution is 5.15. The fraction of sp³-hybridized carbons (Fsp3) is 0.875. The van der Waals surface area contributed by atoms with Gasteiger partial charge in [0, 0.05) is 19.1 Å². The Morgan fingerprint density at radius 1 is 1.28 bits per heavy atom. The number of nitrogens with two attached hydrogens (primary N) is 1. The van der Waals surface area contributed by atoms with Crippen molar-refractivity contribution in [2.24, 2.45) is 17.1 Å². The molecule has 2 heteroatoms. The van der Waals surface area contributed by atoms with Gasteiger partial charge in [-0.15, -0.1) is 0 Å². The molecule has 2 unspecified atom stereocenters. The van der Waals surface area contributed by atoms with Gasteiger partial charge in [-0.25, -0.2) is 0 Å². The fourth-order valence-corrected chi connectivity index (χ4v) is 3.61. The Hall–Kier alpha value is -0.340. The minimum Gasteiger partial charge on any atom is -0.330 e. The highest BCUT2D eigenvalue weighted by atomic mass is 15.2. The first-order valence-electron chi connectivity index (χ1n) is 7.66. The SMILES string of the molecule is CC(C)(C)C1=CCN(C2CCCCC2CN)CC1. The van der Waals surface area contributed by atoms with E-state index in [1.165, 1.54) is 38.6 Å². The molecule has 0 aromatic heterocycles. The van der Waals surface area contributed by atoms with Crippen LogP contribution in [-0.2, 0) is 0 Å². The standard InChI is InChI=1S/C16H30N2/c1-16(2,3)14-8-10-18(11-9-14)15-7-5-4-6-13(15)12-17/h8,13,15H,4-7,9-12,17H2,1-3H3. The molecule has 2 rings (SSSR count). The lowest BCUT2D eigenvalue weighted by Crippen LogP contribution is -2.47. The maximum absolute atomic E-state index is 5.95.